The topological polar surface area (TPSA) is 45.1 Å². The number of pyridine rings is 1. The first-order valence-corrected chi connectivity index (χ1v) is 5.33. The summed E-state index contributed by atoms with van der Waals surface area (Å²) >= 11 is 5.66. The lowest BCUT2D eigenvalue weighted by atomic mass is 10.2. The first-order chi connectivity index (χ1) is 7.80. The molecule has 3 nitrogen and oxygen atoms in total. The van der Waals surface area contributed by atoms with Crippen LogP contribution >= 0.6 is 11.6 Å². The van der Waals surface area contributed by atoms with Crippen molar-refractivity contribution in [2.75, 3.05) is 11.9 Å². The highest BCUT2D eigenvalue weighted by Gasteiger charge is 2.31. The largest absolute Gasteiger partial charge is 0.417 e. The van der Waals surface area contributed by atoms with Crippen molar-refractivity contribution in [3.05, 3.63) is 22.8 Å². The molecule has 0 fully saturated rings. The number of halogens is 4. The standard InChI is InChI=1S/C10H12ClF3N2O/c1-6(17)2-3-15-9-8(11)4-7(5-16-9)10(12,13)14/h4-6,17H,2-3H2,1H3,(H,15,16)/t6-/m0/s1. The second-order valence-electron chi connectivity index (χ2n) is 3.62. The maximum atomic E-state index is 12.3. The van der Waals surface area contributed by atoms with Gasteiger partial charge in [-0.1, -0.05) is 11.6 Å². The van der Waals surface area contributed by atoms with E-state index in [0.717, 1.165) is 12.3 Å². The van der Waals surface area contributed by atoms with Crippen LogP contribution in [0.1, 0.15) is 18.9 Å². The zero-order valence-corrected chi connectivity index (χ0v) is 9.81. The highest BCUT2D eigenvalue weighted by molar-refractivity contribution is 6.32. The molecule has 0 radical (unpaired) electrons. The Morgan fingerprint density at radius 3 is 2.65 bits per heavy atom. The molecular formula is C10H12ClF3N2O. The Morgan fingerprint density at radius 1 is 1.53 bits per heavy atom. The third-order valence-electron chi connectivity index (χ3n) is 2.02. The minimum atomic E-state index is -4.45. The number of aromatic nitrogens is 1. The van der Waals surface area contributed by atoms with Crippen molar-refractivity contribution in [2.45, 2.75) is 25.6 Å². The minimum absolute atomic E-state index is 0.0922. The lowest BCUT2D eigenvalue weighted by Gasteiger charge is -2.11. The number of nitrogens with zero attached hydrogens (tertiary/aromatic N) is 1. The number of hydrogen-bond donors (Lipinski definition) is 2. The van der Waals surface area contributed by atoms with E-state index in [0.29, 0.717) is 13.0 Å². The van der Waals surface area contributed by atoms with Gasteiger partial charge < -0.3 is 10.4 Å². The molecule has 0 unspecified atom stereocenters. The summed E-state index contributed by atoms with van der Waals surface area (Å²) in [5.74, 6) is 0.181. The number of anilines is 1. The maximum Gasteiger partial charge on any atom is 0.417 e. The molecule has 0 saturated carbocycles. The Bertz CT molecular complexity index is 382. The Labute approximate surface area is 102 Å². The van der Waals surface area contributed by atoms with E-state index in [1.54, 1.807) is 6.92 Å². The van der Waals surface area contributed by atoms with E-state index in [1.165, 1.54) is 0 Å². The predicted molar refractivity (Wildman–Crippen MR) is 59.0 cm³/mol. The highest BCUT2D eigenvalue weighted by atomic mass is 35.5. The fraction of sp³-hybridized carbons (Fsp3) is 0.500. The second-order valence-corrected chi connectivity index (χ2v) is 4.02. The monoisotopic (exact) mass is 268 g/mol. The number of nitrogens with one attached hydrogen (secondary N) is 1. The summed E-state index contributed by atoms with van der Waals surface area (Å²) in [7, 11) is 0. The van der Waals surface area contributed by atoms with Gasteiger partial charge in [0.1, 0.15) is 5.82 Å². The third kappa shape index (κ3) is 4.40. The summed E-state index contributed by atoms with van der Waals surface area (Å²) in [5, 5.41) is 11.7. The Hall–Kier alpha value is -1.01. The molecule has 0 aromatic carbocycles. The molecule has 1 heterocycles. The van der Waals surface area contributed by atoms with Crippen molar-refractivity contribution in [2.24, 2.45) is 0 Å². The van der Waals surface area contributed by atoms with Gasteiger partial charge in [-0.25, -0.2) is 4.98 Å². The number of aliphatic hydroxyl groups is 1. The van der Waals surface area contributed by atoms with Crippen LogP contribution in [0.3, 0.4) is 0 Å². The molecule has 0 saturated heterocycles. The van der Waals surface area contributed by atoms with Crippen LogP contribution in [0.4, 0.5) is 19.0 Å². The minimum Gasteiger partial charge on any atom is -0.393 e. The summed E-state index contributed by atoms with van der Waals surface area (Å²) in [4.78, 5) is 3.60. The summed E-state index contributed by atoms with van der Waals surface area (Å²) in [6, 6.07) is 0.819. The molecule has 96 valence electrons. The van der Waals surface area contributed by atoms with E-state index >= 15 is 0 Å². The van der Waals surface area contributed by atoms with E-state index in [1.807, 2.05) is 0 Å². The molecule has 2 N–H and O–H groups in total. The van der Waals surface area contributed by atoms with Crippen molar-refractivity contribution in [1.82, 2.24) is 4.98 Å². The quantitative estimate of drug-likeness (QED) is 0.882. The van der Waals surface area contributed by atoms with Gasteiger partial charge in [0.25, 0.3) is 0 Å². The zero-order chi connectivity index (χ0) is 13.1. The van der Waals surface area contributed by atoms with Crippen LogP contribution < -0.4 is 5.32 Å². The van der Waals surface area contributed by atoms with Crippen molar-refractivity contribution in [1.29, 1.82) is 0 Å². The molecule has 7 heteroatoms. The van der Waals surface area contributed by atoms with Crippen molar-refractivity contribution < 1.29 is 18.3 Å². The van der Waals surface area contributed by atoms with Crippen LogP contribution in [0.2, 0.25) is 5.02 Å². The molecule has 1 aromatic heterocycles. The van der Waals surface area contributed by atoms with Crippen molar-refractivity contribution >= 4 is 17.4 Å². The number of aliphatic hydroxyl groups excluding tert-OH is 1. The maximum absolute atomic E-state index is 12.3. The molecule has 1 aromatic rings. The summed E-state index contributed by atoms with van der Waals surface area (Å²) in [6.45, 7) is 2.00. The fourth-order valence-electron chi connectivity index (χ4n) is 1.12. The van der Waals surface area contributed by atoms with Crippen LogP contribution in [-0.2, 0) is 6.18 Å². The van der Waals surface area contributed by atoms with Crippen LogP contribution in [0.5, 0.6) is 0 Å². The SMILES string of the molecule is C[C@H](O)CCNc1ncc(C(F)(F)F)cc1Cl. The third-order valence-corrected chi connectivity index (χ3v) is 2.31. The van der Waals surface area contributed by atoms with Gasteiger partial charge in [-0.2, -0.15) is 13.2 Å². The van der Waals surface area contributed by atoms with Gasteiger partial charge in [-0.3, -0.25) is 0 Å². The molecule has 0 bridgehead atoms. The van der Waals surface area contributed by atoms with E-state index in [-0.39, 0.29) is 10.8 Å². The first-order valence-electron chi connectivity index (χ1n) is 4.95. The summed E-state index contributed by atoms with van der Waals surface area (Å²) in [5.41, 5.74) is -0.886. The van der Waals surface area contributed by atoms with E-state index < -0.39 is 17.8 Å². The van der Waals surface area contributed by atoms with Gasteiger partial charge >= 0.3 is 6.18 Å². The number of rotatable bonds is 4. The Balaban J connectivity index is 2.70. The van der Waals surface area contributed by atoms with Crippen molar-refractivity contribution in [3.8, 4) is 0 Å². The fourth-order valence-corrected chi connectivity index (χ4v) is 1.36. The van der Waals surface area contributed by atoms with Gasteiger partial charge in [-0.05, 0) is 19.4 Å². The lowest BCUT2D eigenvalue weighted by molar-refractivity contribution is -0.137. The second kappa shape index (κ2) is 5.55. The molecule has 0 aliphatic heterocycles. The van der Waals surface area contributed by atoms with Gasteiger partial charge in [0.05, 0.1) is 16.7 Å². The van der Waals surface area contributed by atoms with Crippen LogP contribution in [-0.4, -0.2) is 22.7 Å². The van der Waals surface area contributed by atoms with Crippen LogP contribution in [0, 0.1) is 0 Å². The normalized spacial score (nSPS) is 13.5. The van der Waals surface area contributed by atoms with Crippen molar-refractivity contribution in [3.63, 3.8) is 0 Å². The molecule has 17 heavy (non-hydrogen) atoms. The Kier molecular flexibility index (Phi) is 4.59. The van der Waals surface area contributed by atoms with Crippen LogP contribution in [0.15, 0.2) is 12.3 Å². The summed E-state index contributed by atoms with van der Waals surface area (Å²) in [6.07, 6.45) is -3.76. The molecule has 1 rings (SSSR count). The van der Waals surface area contributed by atoms with Gasteiger partial charge in [0.2, 0.25) is 0 Å². The summed E-state index contributed by atoms with van der Waals surface area (Å²) < 4.78 is 36.9. The zero-order valence-electron chi connectivity index (χ0n) is 9.05. The number of hydrogen-bond acceptors (Lipinski definition) is 3. The average molecular weight is 269 g/mol. The smallest absolute Gasteiger partial charge is 0.393 e. The molecule has 0 aliphatic carbocycles. The Morgan fingerprint density at radius 2 is 2.18 bits per heavy atom. The van der Waals surface area contributed by atoms with E-state index in [2.05, 4.69) is 10.3 Å². The molecule has 1 atom stereocenters. The predicted octanol–water partition coefficient (Wildman–Crippen LogP) is 2.94. The lowest BCUT2D eigenvalue weighted by Crippen LogP contribution is -2.12. The first kappa shape index (κ1) is 14.1. The van der Waals surface area contributed by atoms with Gasteiger partial charge in [0, 0.05) is 12.7 Å². The van der Waals surface area contributed by atoms with E-state index in [9.17, 15) is 13.2 Å². The molecular weight excluding hydrogens is 257 g/mol. The highest BCUT2D eigenvalue weighted by Crippen LogP contribution is 2.32. The van der Waals surface area contributed by atoms with Gasteiger partial charge in [0.15, 0.2) is 0 Å². The molecule has 0 spiro atoms. The van der Waals surface area contributed by atoms with Gasteiger partial charge in [-0.15, -0.1) is 0 Å². The van der Waals surface area contributed by atoms with E-state index in [4.69, 9.17) is 16.7 Å². The average Bonchev–Trinajstić information content (AvgIpc) is 2.18. The molecule has 0 amide bonds. The molecule has 0 aliphatic rings. The van der Waals surface area contributed by atoms with Crippen LogP contribution in [0.25, 0.3) is 0 Å². The number of alkyl halides is 3.